The van der Waals surface area contributed by atoms with E-state index in [-0.39, 0.29) is 0 Å². The van der Waals surface area contributed by atoms with Gasteiger partial charge >= 0.3 is 0 Å². The zero-order valence-corrected chi connectivity index (χ0v) is 28.5. The monoisotopic (exact) mass is 662 g/mol. The molecule has 0 bridgehead atoms. The Balaban J connectivity index is 1.16. The van der Waals surface area contributed by atoms with E-state index in [1.807, 2.05) is 0 Å². The molecule has 0 aliphatic heterocycles. The minimum atomic E-state index is 1.10. The van der Waals surface area contributed by atoms with Crippen molar-refractivity contribution < 1.29 is 0 Å². The Hall–Kier alpha value is -6.90. The first kappa shape index (κ1) is 30.0. The van der Waals surface area contributed by atoms with Gasteiger partial charge in [0, 0.05) is 33.1 Å². The highest BCUT2D eigenvalue weighted by molar-refractivity contribution is 6.15. The molecule has 10 rings (SSSR count). The van der Waals surface area contributed by atoms with Crippen LogP contribution in [0.4, 0.5) is 17.1 Å². The van der Waals surface area contributed by atoms with Gasteiger partial charge in [-0.25, -0.2) is 0 Å². The van der Waals surface area contributed by atoms with Crippen LogP contribution in [0.15, 0.2) is 206 Å². The lowest BCUT2D eigenvalue weighted by Gasteiger charge is -2.28. The molecular formula is C50H34N2. The molecule has 0 saturated carbocycles. The first-order chi connectivity index (χ1) is 25.8. The van der Waals surface area contributed by atoms with Crippen LogP contribution in [0, 0.1) is 0 Å². The molecule has 0 N–H and O–H groups in total. The predicted molar refractivity (Wildman–Crippen MR) is 221 cm³/mol. The van der Waals surface area contributed by atoms with Gasteiger partial charge in [0.25, 0.3) is 0 Å². The van der Waals surface area contributed by atoms with E-state index in [0.717, 1.165) is 17.1 Å². The van der Waals surface area contributed by atoms with Crippen LogP contribution in [0.2, 0.25) is 0 Å². The maximum absolute atomic E-state index is 2.42. The number of hydrogen-bond acceptors (Lipinski definition) is 1. The molecule has 10 aromatic rings. The molecule has 0 aliphatic rings. The van der Waals surface area contributed by atoms with Gasteiger partial charge < -0.3 is 9.47 Å². The first-order valence-corrected chi connectivity index (χ1v) is 17.9. The van der Waals surface area contributed by atoms with E-state index in [4.69, 9.17) is 0 Å². The van der Waals surface area contributed by atoms with Crippen LogP contribution < -0.4 is 4.90 Å². The summed E-state index contributed by atoms with van der Waals surface area (Å²) in [5.41, 5.74) is 11.7. The molecule has 0 fully saturated rings. The molecule has 0 aliphatic carbocycles. The van der Waals surface area contributed by atoms with E-state index >= 15 is 0 Å². The van der Waals surface area contributed by atoms with Gasteiger partial charge in [-0.3, -0.25) is 0 Å². The van der Waals surface area contributed by atoms with Crippen LogP contribution in [0.1, 0.15) is 0 Å². The summed E-state index contributed by atoms with van der Waals surface area (Å²) >= 11 is 0. The Morgan fingerprint density at radius 2 is 0.904 bits per heavy atom. The molecule has 2 heteroatoms. The number of para-hydroxylation sites is 3. The standard InChI is InChI=1S/C50H34N2/c1-2-15-35(16-3-1)37-18-14-19-40(33-37)51(50-34-38-17-4-5-20-41(38)43-22-6-7-23-44(43)50)39-31-29-36(30-32-39)42-21-8-11-26-47(42)52-48-27-12-9-24-45(48)46-25-10-13-28-49(46)52/h1-34H. The third-order valence-electron chi connectivity index (χ3n) is 10.4. The van der Waals surface area contributed by atoms with Gasteiger partial charge in [0.15, 0.2) is 0 Å². The smallest absolute Gasteiger partial charge is 0.0546 e. The Labute approximate surface area is 303 Å². The maximum atomic E-state index is 2.42. The Morgan fingerprint density at radius 1 is 0.327 bits per heavy atom. The first-order valence-electron chi connectivity index (χ1n) is 17.9. The molecule has 0 saturated heterocycles. The Morgan fingerprint density at radius 3 is 1.65 bits per heavy atom. The summed E-state index contributed by atoms with van der Waals surface area (Å²) in [5, 5.41) is 7.47. The zero-order chi connectivity index (χ0) is 34.4. The second-order valence-electron chi connectivity index (χ2n) is 13.3. The molecule has 9 aromatic carbocycles. The summed E-state index contributed by atoms with van der Waals surface area (Å²) < 4.78 is 2.41. The number of aromatic nitrogens is 1. The van der Waals surface area contributed by atoms with E-state index in [2.05, 4.69) is 216 Å². The van der Waals surface area contributed by atoms with E-state index in [1.165, 1.54) is 71.3 Å². The molecule has 0 amide bonds. The molecule has 0 atom stereocenters. The van der Waals surface area contributed by atoms with Crippen LogP contribution in [0.5, 0.6) is 0 Å². The number of hydrogen-bond donors (Lipinski definition) is 0. The van der Waals surface area contributed by atoms with Crippen LogP contribution in [0.25, 0.3) is 71.3 Å². The molecule has 1 aromatic heterocycles. The summed E-state index contributed by atoms with van der Waals surface area (Å²) in [7, 11) is 0. The van der Waals surface area contributed by atoms with Crippen LogP contribution in [-0.4, -0.2) is 4.57 Å². The summed E-state index contributed by atoms with van der Waals surface area (Å²) in [6, 6.07) is 74.7. The van der Waals surface area contributed by atoms with Gasteiger partial charge in [-0.1, -0.05) is 158 Å². The van der Waals surface area contributed by atoms with Crippen molar-refractivity contribution in [3.05, 3.63) is 206 Å². The van der Waals surface area contributed by atoms with Crippen LogP contribution >= 0.6 is 0 Å². The number of anilines is 3. The average Bonchev–Trinajstić information content (AvgIpc) is 3.56. The highest BCUT2D eigenvalue weighted by atomic mass is 15.1. The van der Waals surface area contributed by atoms with Gasteiger partial charge in [-0.05, 0) is 81.4 Å². The van der Waals surface area contributed by atoms with Crippen molar-refractivity contribution >= 4 is 60.4 Å². The van der Waals surface area contributed by atoms with Crippen LogP contribution in [0.3, 0.4) is 0 Å². The lowest BCUT2D eigenvalue weighted by atomic mass is 9.98. The normalized spacial score (nSPS) is 11.5. The Kier molecular flexibility index (Phi) is 7.18. The second-order valence-corrected chi connectivity index (χ2v) is 13.3. The average molecular weight is 663 g/mol. The fourth-order valence-electron chi connectivity index (χ4n) is 7.99. The van der Waals surface area contributed by atoms with Crippen molar-refractivity contribution in [1.29, 1.82) is 0 Å². The lowest BCUT2D eigenvalue weighted by molar-refractivity contribution is 1.18. The minimum absolute atomic E-state index is 1.10. The van der Waals surface area contributed by atoms with E-state index in [1.54, 1.807) is 0 Å². The van der Waals surface area contributed by atoms with E-state index in [0.29, 0.717) is 0 Å². The van der Waals surface area contributed by atoms with Crippen molar-refractivity contribution in [1.82, 2.24) is 4.57 Å². The zero-order valence-electron chi connectivity index (χ0n) is 28.5. The van der Waals surface area contributed by atoms with Gasteiger partial charge in [0.05, 0.1) is 22.4 Å². The lowest BCUT2D eigenvalue weighted by Crippen LogP contribution is -2.11. The van der Waals surface area contributed by atoms with E-state index in [9.17, 15) is 0 Å². The van der Waals surface area contributed by atoms with Crippen molar-refractivity contribution in [3.8, 4) is 27.9 Å². The fourth-order valence-corrected chi connectivity index (χ4v) is 7.99. The number of rotatable bonds is 6. The number of benzene rings is 9. The highest BCUT2D eigenvalue weighted by Crippen LogP contribution is 2.44. The van der Waals surface area contributed by atoms with Crippen molar-refractivity contribution in [2.75, 3.05) is 4.90 Å². The second kappa shape index (κ2) is 12.5. The number of fused-ring (bicyclic) bond motifs is 6. The molecule has 244 valence electrons. The summed E-state index contributed by atoms with van der Waals surface area (Å²) in [6.45, 7) is 0. The predicted octanol–water partition coefficient (Wildman–Crippen LogP) is 13.9. The van der Waals surface area contributed by atoms with E-state index < -0.39 is 0 Å². The molecule has 52 heavy (non-hydrogen) atoms. The van der Waals surface area contributed by atoms with Crippen molar-refractivity contribution in [3.63, 3.8) is 0 Å². The highest BCUT2D eigenvalue weighted by Gasteiger charge is 2.19. The summed E-state index contributed by atoms with van der Waals surface area (Å²) in [4.78, 5) is 2.42. The largest absolute Gasteiger partial charge is 0.310 e. The molecule has 1 heterocycles. The van der Waals surface area contributed by atoms with Gasteiger partial charge in [0.2, 0.25) is 0 Å². The molecule has 0 radical (unpaired) electrons. The number of nitrogens with zero attached hydrogens (tertiary/aromatic N) is 2. The summed E-state index contributed by atoms with van der Waals surface area (Å²) in [5.74, 6) is 0. The van der Waals surface area contributed by atoms with Gasteiger partial charge in [-0.15, -0.1) is 0 Å². The third kappa shape index (κ3) is 4.96. The quantitative estimate of drug-likeness (QED) is 0.161. The van der Waals surface area contributed by atoms with Crippen molar-refractivity contribution in [2.24, 2.45) is 0 Å². The molecular weight excluding hydrogens is 629 g/mol. The topological polar surface area (TPSA) is 8.17 Å². The summed E-state index contributed by atoms with van der Waals surface area (Å²) in [6.07, 6.45) is 0. The molecule has 0 spiro atoms. The fraction of sp³-hybridized carbons (Fsp3) is 0. The van der Waals surface area contributed by atoms with Crippen LogP contribution in [-0.2, 0) is 0 Å². The SMILES string of the molecule is c1ccc(-c2cccc(N(c3ccc(-c4ccccc4-n4c5ccccc5c5ccccc54)cc3)c3cc4ccccc4c4ccccc34)c2)cc1. The maximum Gasteiger partial charge on any atom is 0.0546 e. The molecule has 2 nitrogen and oxygen atoms in total. The third-order valence-corrected chi connectivity index (χ3v) is 10.4. The minimum Gasteiger partial charge on any atom is -0.310 e. The Bertz CT molecular complexity index is 2850. The van der Waals surface area contributed by atoms with Crippen molar-refractivity contribution in [2.45, 2.75) is 0 Å². The van der Waals surface area contributed by atoms with Gasteiger partial charge in [-0.2, -0.15) is 0 Å². The molecule has 0 unspecified atom stereocenters. The van der Waals surface area contributed by atoms with Gasteiger partial charge in [0.1, 0.15) is 0 Å².